The summed E-state index contributed by atoms with van der Waals surface area (Å²) in [6.45, 7) is 0.125. The molecule has 0 radical (unpaired) electrons. The summed E-state index contributed by atoms with van der Waals surface area (Å²) >= 11 is 0. The van der Waals surface area contributed by atoms with Crippen LogP contribution >= 0.6 is 0 Å². The predicted molar refractivity (Wildman–Crippen MR) is 85.6 cm³/mol. The zero-order chi connectivity index (χ0) is 17.0. The van der Waals surface area contributed by atoms with Crippen LogP contribution in [0.15, 0.2) is 41.2 Å². The molecule has 4 rings (SSSR count). The Kier molecular flexibility index (Phi) is 2.97. The van der Waals surface area contributed by atoms with Crippen molar-refractivity contribution >= 4 is 16.5 Å². The smallest absolute Gasteiger partial charge is 0.336 e. The highest BCUT2D eigenvalue weighted by atomic mass is 16.6. The molecule has 2 N–H and O–H groups in total. The Morgan fingerprint density at radius 1 is 1.17 bits per heavy atom. The minimum atomic E-state index is -0.693. The zero-order valence-electron chi connectivity index (χ0n) is 12.4. The zero-order valence-corrected chi connectivity index (χ0v) is 12.4. The molecule has 1 atom stereocenters. The third-order valence-electron chi connectivity index (χ3n) is 4.36. The average Bonchev–Trinajstić information content (AvgIpc) is 3.05. The molecule has 24 heavy (non-hydrogen) atoms. The number of nitro groups is 1. The first-order valence-electron chi connectivity index (χ1n) is 7.37. The Labute approximate surface area is 135 Å². The summed E-state index contributed by atoms with van der Waals surface area (Å²) in [7, 11) is 0. The van der Waals surface area contributed by atoms with Gasteiger partial charge >= 0.3 is 5.69 Å². The van der Waals surface area contributed by atoms with Crippen LogP contribution in [0.2, 0.25) is 0 Å². The Bertz CT molecular complexity index is 1050. The Hall–Kier alpha value is -3.13. The number of rotatable bonds is 2. The van der Waals surface area contributed by atoms with E-state index in [2.05, 4.69) is 0 Å². The maximum atomic E-state index is 12.6. The fourth-order valence-electron chi connectivity index (χ4n) is 3.30. The van der Waals surface area contributed by atoms with E-state index < -0.39 is 16.7 Å². The maximum absolute atomic E-state index is 12.6. The molecule has 0 amide bonds. The van der Waals surface area contributed by atoms with Crippen LogP contribution in [0.4, 0.5) is 5.69 Å². The molecular formula is C16H13N3O5. The highest BCUT2D eigenvalue weighted by Gasteiger charge is 2.30. The van der Waals surface area contributed by atoms with Crippen LogP contribution in [0.3, 0.4) is 0 Å². The van der Waals surface area contributed by atoms with Gasteiger partial charge in [0.15, 0.2) is 0 Å². The molecule has 1 aromatic heterocycles. The van der Waals surface area contributed by atoms with E-state index in [0.29, 0.717) is 22.2 Å². The number of hydrogen-bond acceptors (Lipinski definition) is 5. The van der Waals surface area contributed by atoms with Crippen LogP contribution in [0, 0.1) is 10.1 Å². The molecule has 8 nitrogen and oxygen atoms in total. The van der Waals surface area contributed by atoms with Crippen molar-refractivity contribution in [1.82, 2.24) is 9.13 Å². The van der Waals surface area contributed by atoms with Gasteiger partial charge in [0.1, 0.15) is 0 Å². The van der Waals surface area contributed by atoms with E-state index in [9.17, 15) is 25.1 Å². The van der Waals surface area contributed by atoms with Crippen LogP contribution in [-0.2, 0) is 13.0 Å². The molecule has 0 unspecified atom stereocenters. The van der Waals surface area contributed by atoms with E-state index in [4.69, 9.17) is 0 Å². The maximum Gasteiger partial charge on any atom is 0.336 e. The van der Waals surface area contributed by atoms with Crippen LogP contribution in [0.25, 0.3) is 16.5 Å². The van der Waals surface area contributed by atoms with Crippen molar-refractivity contribution in [3.63, 3.8) is 0 Å². The Balaban J connectivity index is 2.04. The number of nitro benzene ring substituents is 1. The lowest BCUT2D eigenvalue weighted by molar-refractivity contribution is -0.383. The van der Waals surface area contributed by atoms with Crippen molar-refractivity contribution in [3.05, 3.63) is 62.7 Å². The molecule has 0 saturated heterocycles. The van der Waals surface area contributed by atoms with Crippen LogP contribution in [0.1, 0.15) is 5.69 Å². The number of aliphatic hydroxyl groups is 1. The van der Waals surface area contributed by atoms with E-state index in [1.54, 1.807) is 24.3 Å². The number of hydrogen-bond donors (Lipinski definition) is 2. The first-order chi connectivity index (χ1) is 11.5. The lowest BCUT2D eigenvalue weighted by Crippen LogP contribution is -2.25. The highest BCUT2D eigenvalue weighted by Crippen LogP contribution is 2.33. The SMILES string of the molecule is O=c1n2c(c(O)n1-c1ccc([N+](=O)[O-])c3ccccc13)C[C@@H](O)C2. The van der Waals surface area contributed by atoms with Crippen LogP contribution in [0.5, 0.6) is 5.88 Å². The Morgan fingerprint density at radius 3 is 2.54 bits per heavy atom. The molecule has 3 aromatic rings. The minimum Gasteiger partial charge on any atom is -0.493 e. The fourth-order valence-corrected chi connectivity index (χ4v) is 3.30. The lowest BCUT2D eigenvalue weighted by Gasteiger charge is -2.09. The molecule has 8 heteroatoms. The van der Waals surface area contributed by atoms with Crippen molar-refractivity contribution in [1.29, 1.82) is 0 Å². The molecule has 1 aliphatic heterocycles. The number of aromatic hydroxyl groups is 1. The Morgan fingerprint density at radius 2 is 1.88 bits per heavy atom. The number of aromatic nitrogens is 2. The fraction of sp³-hybridized carbons (Fsp3) is 0.188. The topological polar surface area (TPSA) is 111 Å². The standard InChI is InChI=1S/C16H13N3O5/c20-9-7-14-15(21)18(16(22)17(14)8-9)12-5-6-13(19(23)24)11-4-2-1-3-10(11)12/h1-6,9,20-21H,7-8H2/t9-/m1/s1. The summed E-state index contributed by atoms with van der Waals surface area (Å²) in [5.41, 5.74) is 0.201. The summed E-state index contributed by atoms with van der Waals surface area (Å²) in [4.78, 5) is 23.3. The van der Waals surface area contributed by atoms with Crippen LogP contribution < -0.4 is 5.69 Å². The molecule has 0 saturated carbocycles. The first kappa shape index (κ1) is 14.5. The summed E-state index contributed by atoms with van der Waals surface area (Å²) < 4.78 is 2.46. The van der Waals surface area contributed by atoms with Gasteiger partial charge in [0.25, 0.3) is 5.69 Å². The van der Waals surface area contributed by atoms with E-state index in [1.165, 1.54) is 16.7 Å². The van der Waals surface area contributed by atoms with Gasteiger partial charge < -0.3 is 10.2 Å². The highest BCUT2D eigenvalue weighted by molar-refractivity contribution is 5.97. The molecule has 122 valence electrons. The van der Waals surface area contributed by atoms with E-state index in [-0.39, 0.29) is 24.5 Å². The number of benzene rings is 2. The monoisotopic (exact) mass is 327 g/mol. The summed E-state index contributed by atoms with van der Waals surface area (Å²) in [6, 6.07) is 9.44. The van der Waals surface area contributed by atoms with Gasteiger partial charge in [0.05, 0.1) is 34.3 Å². The summed E-state index contributed by atoms with van der Waals surface area (Å²) in [5, 5.41) is 32.2. The molecule has 0 bridgehead atoms. The van der Waals surface area contributed by atoms with Crippen molar-refractivity contribution in [2.45, 2.75) is 19.1 Å². The van der Waals surface area contributed by atoms with Gasteiger partial charge in [-0.05, 0) is 12.1 Å². The number of nitrogens with zero attached hydrogens (tertiary/aromatic N) is 3. The molecule has 0 spiro atoms. The molecular weight excluding hydrogens is 314 g/mol. The van der Waals surface area contributed by atoms with Crippen molar-refractivity contribution in [3.8, 4) is 11.6 Å². The van der Waals surface area contributed by atoms with Gasteiger partial charge in [-0.3, -0.25) is 14.7 Å². The molecule has 2 aromatic carbocycles. The van der Waals surface area contributed by atoms with E-state index in [1.807, 2.05) is 0 Å². The number of non-ortho nitro benzene ring substituents is 1. The first-order valence-corrected chi connectivity index (χ1v) is 7.37. The van der Waals surface area contributed by atoms with Gasteiger partial charge in [-0.25, -0.2) is 9.36 Å². The lowest BCUT2D eigenvalue weighted by atomic mass is 10.1. The van der Waals surface area contributed by atoms with Crippen molar-refractivity contribution in [2.75, 3.05) is 0 Å². The number of aliphatic hydroxyl groups excluding tert-OH is 1. The second-order valence-electron chi connectivity index (χ2n) is 5.76. The third kappa shape index (κ3) is 1.86. The van der Waals surface area contributed by atoms with E-state index in [0.717, 1.165) is 4.57 Å². The predicted octanol–water partition coefficient (Wildman–Crippen LogP) is 1.32. The van der Waals surface area contributed by atoms with Crippen molar-refractivity contribution < 1.29 is 15.1 Å². The molecule has 0 fully saturated rings. The second-order valence-corrected chi connectivity index (χ2v) is 5.76. The largest absolute Gasteiger partial charge is 0.493 e. The number of fused-ring (bicyclic) bond motifs is 2. The molecule has 0 aliphatic carbocycles. The van der Waals surface area contributed by atoms with Crippen LogP contribution in [-0.4, -0.2) is 30.4 Å². The quantitative estimate of drug-likeness (QED) is 0.545. The van der Waals surface area contributed by atoms with Gasteiger partial charge in [-0.1, -0.05) is 18.2 Å². The molecule has 2 heterocycles. The van der Waals surface area contributed by atoms with Gasteiger partial charge in [-0.15, -0.1) is 0 Å². The molecule has 1 aliphatic rings. The summed E-state index contributed by atoms with van der Waals surface area (Å²) in [6.07, 6.45) is -0.499. The third-order valence-corrected chi connectivity index (χ3v) is 4.36. The van der Waals surface area contributed by atoms with E-state index >= 15 is 0 Å². The second kappa shape index (κ2) is 4.93. The van der Waals surface area contributed by atoms with Gasteiger partial charge in [-0.2, -0.15) is 0 Å². The summed E-state index contributed by atoms with van der Waals surface area (Å²) in [5.74, 6) is -0.240. The van der Waals surface area contributed by atoms with Crippen molar-refractivity contribution in [2.24, 2.45) is 0 Å². The number of imidazole rings is 1. The normalized spacial score (nSPS) is 16.5. The van der Waals surface area contributed by atoms with Gasteiger partial charge in [0, 0.05) is 17.9 Å². The minimum absolute atomic E-state index is 0.0657. The van der Waals surface area contributed by atoms with Gasteiger partial charge in [0.2, 0.25) is 5.88 Å². The average molecular weight is 327 g/mol.